The summed E-state index contributed by atoms with van der Waals surface area (Å²) < 4.78 is 5.77. The maximum Gasteiger partial charge on any atom is 0.280 e. The fourth-order valence-corrected chi connectivity index (χ4v) is 4.36. The van der Waals surface area contributed by atoms with Crippen molar-refractivity contribution in [2.75, 3.05) is 0 Å². The Balaban J connectivity index is 1.73. The summed E-state index contributed by atoms with van der Waals surface area (Å²) in [6, 6.07) is 9.44. The topological polar surface area (TPSA) is 116 Å². The quantitative estimate of drug-likeness (QED) is 0.633. The van der Waals surface area contributed by atoms with Crippen LogP contribution in [-0.2, 0) is 11.3 Å². The summed E-state index contributed by atoms with van der Waals surface area (Å²) in [5.74, 6) is -1.56. The molecule has 2 aromatic carbocycles. The van der Waals surface area contributed by atoms with Crippen molar-refractivity contribution in [1.82, 2.24) is 0 Å². The van der Waals surface area contributed by atoms with E-state index in [4.69, 9.17) is 10.5 Å². The van der Waals surface area contributed by atoms with E-state index in [9.17, 15) is 20.0 Å². The number of nitro groups is 1. The van der Waals surface area contributed by atoms with E-state index >= 15 is 0 Å². The smallest absolute Gasteiger partial charge is 0.280 e. The van der Waals surface area contributed by atoms with Crippen molar-refractivity contribution in [2.24, 2.45) is 11.7 Å². The normalized spacial score (nSPS) is 33.3. The van der Waals surface area contributed by atoms with Crippen LogP contribution in [0, 0.1) is 16.0 Å². The molecule has 26 heavy (non-hydrogen) atoms. The van der Waals surface area contributed by atoms with Crippen molar-refractivity contribution in [3.05, 3.63) is 68.8 Å². The average Bonchev–Trinajstić information content (AvgIpc) is 3.26. The summed E-state index contributed by atoms with van der Waals surface area (Å²) in [6.07, 6.45) is 1.07. The fraction of sp³-hybridized carbons (Fsp3) is 0.316. The number of carbonyl (C=O) groups is 1. The van der Waals surface area contributed by atoms with E-state index < -0.39 is 22.0 Å². The first kappa shape index (κ1) is 15.5. The molecule has 0 spiro atoms. The van der Waals surface area contributed by atoms with Crippen molar-refractivity contribution in [1.29, 1.82) is 0 Å². The molecule has 132 valence electrons. The Morgan fingerprint density at radius 1 is 1.35 bits per heavy atom. The molecule has 0 bridgehead atoms. The number of ether oxygens (including phenoxy) is 1. The SMILES string of the molecule is C[C@H]1C[C@@H]1c1ccc2c(c1)OC1(O)c3c(cccc3[N+](=O)[O-])C(=O)C21N. The second-order valence-corrected chi connectivity index (χ2v) is 7.42. The molecule has 2 aliphatic carbocycles. The first-order valence-corrected chi connectivity index (χ1v) is 8.46. The van der Waals surface area contributed by atoms with Gasteiger partial charge >= 0.3 is 0 Å². The standard InChI is InChI=1S/C19H16N2O5/c1-9-7-12(9)10-5-6-13-15(8-10)26-19(23)16-11(17(22)18(13,19)20)3-2-4-14(16)21(24)25/h2-6,8-9,12,23H,7,20H2,1H3/t9-,12-,18?,19?/m0/s1. The van der Waals surface area contributed by atoms with Gasteiger partial charge < -0.3 is 15.6 Å². The first-order valence-electron chi connectivity index (χ1n) is 8.46. The van der Waals surface area contributed by atoms with Crippen LogP contribution < -0.4 is 10.5 Å². The van der Waals surface area contributed by atoms with Crippen molar-refractivity contribution in [3.63, 3.8) is 0 Å². The van der Waals surface area contributed by atoms with Crippen LogP contribution in [-0.4, -0.2) is 15.8 Å². The van der Waals surface area contributed by atoms with E-state index in [2.05, 4.69) is 6.92 Å². The van der Waals surface area contributed by atoms with E-state index in [1.807, 2.05) is 6.07 Å². The van der Waals surface area contributed by atoms with Crippen LogP contribution in [0.5, 0.6) is 5.75 Å². The van der Waals surface area contributed by atoms with Gasteiger partial charge in [-0.2, -0.15) is 0 Å². The number of nitro benzene ring substituents is 1. The number of benzene rings is 2. The van der Waals surface area contributed by atoms with Crippen LogP contribution >= 0.6 is 0 Å². The van der Waals surface area contributed by atoms with Crippen LogP contribution in [0.25, 0.3) is 0 Å². The molecule has 1 fully saturated rings. The van der Waals surface area contributed by atoms with Gasteiger partial charge in [0, 0.05) is 17.2 Å². The first-order chi connectivity index (χ1) is 12.3. The van der Waals surface area contributed by atoms with Gasteiger partial charge in [-0.25, -0.2) is 0 Å². The van der Waals surface area contributed by atoms with Gasteiger partial charge in [-0.1, -0.05) is 31.2 Å². The largest absolute Gasteiger partial charge is 0.455 e. The summed E-state index contributed by atoms with van der Waals surface area (Å²) in [7, 11) is 0. The monoisotopic (exact) mass is 352 g/mol. The van der Waals surface area contributed by atoms with E-state index in [1.54, 1.807) is 12.1 Å². The van der Waals surface area contributed by atoms with Gasteiger partial charge in [-0.15, -0.1) is 0 Å². The molecule has 3 aliphatic rings. The lowest BCUT2D eigenvalue weighted by Gasteiger charge is -2.29. The highest BCUT2D eigenvalue weighted by molar-refractivity contribution is 6.11. The highest BCUT2D eigenvalue weighted by Crippen LogP contribution is 2.59. The molecule has 0 radical (unpaired) electrons. The lowest BCUT2D eigenvalue weighted by molar-refractivity contribution is -0.388. The maximum atomic E-state index is 13.0. The van der Waals surface area contributed by atoms with Gasteiger partial charge in [-0.3, -0.25) is 14.9 Å². The van der Waals surface area contributed by atoms with Crippen molar-refractivity contribution in [3.8, 4) is 5.75 Å². The number of aliphatic hydroxyl groups is 1. The molecular weight excluding hydrogens is 336 g/mol. The number of nitrogens with two attached hydrogens (primary N) is 1. The summed E-state index contributed by atoms with van der Waals surface area (Å²) in [4.78, 5) is 23.8. The Bertz CT molecular complexity index is 1020. The molecule has 5 rings (SSSR count). The molecule has 0 aromatic heterocycles. The van der Waals surface area contributed by atoms with E-state index in [0.29, 0.717) is 23.1 Å². The number of Topliss-reactive ketones (excluding diaryl/α,β-unsaturated/α-hetero) is 1. The van der Waals surface area contributed by atoms with Crippen LogP contribution in [0.15, 0.2) is 36.4 Å². The molecule has 2 aromatic rings. The summed E-state index contributed by atoms with van der Waals surface area (Å²) in [5, 5.41) is 22.7. The predicted octanol–water partition coefficient (Wildman–Crippen LogP) is 2.31. The molecule has 1 heterocycles. The molecule has 7 nitrogen and oxygen atoms in total. The zero-order valence-electron chi connectivity index (χ0n) is 13.9. The van der Waals surface area contributed by atoms with Crippen LogP contribution in [0.1, 0.15) is 46.3 Å². The number of carbonyl (C=O) groups excluding carboxylic acids is 1. The van der Waals surface area contributed by atoms with Gasteiger partial charge in [0.15, 0.2) is 11.3 Å². The average molecular weight is 352 g/mol. The molecule has 7 heteroatoms. The van der Waals surface area contributed by atoms with Gasteiger partial charge in [0.2, 0.25) is 0 Å². The Hall–Kier alpha value is -2.77. The molecule has 3 N–H and O–H groups in total. The fourth-order valence-electron chi connectivity index (χ4n) is 4.36. The molecule has 0 amide bonds. The van der Waals surface area contributed by atoms with Crippen LogP contribution in [0.2, 0.25) is 0 Å². The van der Waals surface area contributed by atoms with E-state index in [1.165, 1.54) is 18.2 Å². The predicted molar refractivity (Wildman–Crippen MR) is 90.8 cm³/mol. The Labute approximate surface area is 148 Å². The van der Waals surface area contributed by atoms with Crippen molar-refractivity contribution < 1.29 is 19.6 Å². The molecular formula is C19H16N2O5. The summed E-state index contributed by atoms with van der Waals surface area (Å²) in [6.45, 7) is 2.15. The molecule has 1 saturated carbocycles. The van der Waals surface area contributed by atoms with Gasteiger partial charge in [-0.05, 0) is 29.9 Å². The highest BCUT2D eigenvalue weighted by atomic mass is 16.6. The van der Waals surface area contributed by atoms with E-state index in [-0.39, 0.29) is 16.8 Å². The Morgan fingerprint density at radius 3 is 2.73 bits per heavy atom. The third kappa shape index (κ3) is 1.58. The number of ketones is 1. The van der Waals surface area contributed by atoms with Gasteiger partial charge in [0.1, 0.15) is 11.3 Å². The summed E-state index contributed by atoms with van der Waals surface area (Å²) in [5.41, 5.74) is 5.38. The molecule has 4 atom stereocenters. The Kier molecular flexibility index (Phi) is 2.67. The van der Waals surface area contributed by atoms with Crippen molar-refractivity contribution >= 4 is 11.5 Å². The van der Waals surface area contributed by atoms with Crippen molar-refractivity contribution in [2.45, 2.75) is 30.6 Å². The second kappa shape index (κ2) is 4.49. The molecule has 1 aliphatic heterocycles. The minimum absolute atomic E-state index is 0.0229. The third-order valence-electron chi connectivity index (χ3n) is 5.94. The molecule has 0 saturated heterocycles. The highest BCUT2D eigenvalue weighted by Gasteiger charge is 2.71. The number of rotatable bonds is 2. The Morgan fingerprint density at radius 2 is 2.08 bits per heavy atom. The lowest BCUT2D eigenvalue weighted by atomic mass is 9.83. The zero-order valence-corrected chi connectivity index (χ0v) is 13.9. The minimum atomic E-state index is -2.29. The van der Waals surface area contributed by atoms with E-state index in [0.717, 1.165) is 12.0 Å². The minimum Gasteiger partial charge on any atom is -0.455 e. The number of nitrogens with zero attached hydrogens (tertiary/aromatic N) is 1. The zero-order chi connectivity index (χ0) is 18.4. The van der Waals surface area contributed by atoms with Crippen LogP contribution in [0.3, 0.4) is 0 Å². The number of hydrogen-bond donors (Lipinski definition) is 2. The van der Waals surface area contributed by atoms with Crippen LogP contribution in [0.4, 0.5) is 5.69 Å². The second-order valence-electron chi connectivity index (χ2n) is 7.42. The summed E-state index contributed by atoms with van der Waals surface area (Å²) >= 11 is 0. The number of fused-ring (bicyclic) bond motifs is 5. The molecule has 2 unspecified atom stereocenters. The number of hydrogen-bond acceptors (Lipinski definition) is 6. The third-order valence-corrected chi connectivity index (χ3v) is 5.94. The lowest BCUT2D eigenvalue weighted by Crippen LogP contribution is -2.55. The maximum absolute atomic E-state index is 13.0. The van der Waals surface area contributed by atoms with Gasteiger partial charge in [0.05, 0.1) is 4.92 Å². The van der Waals surface area contributed by atoms with Gasteiger partial charge in [0.25, 0.3) is 11.5 Å².